The van der Waals surface area contributed by atoms with Crippen molar-refractivity contribution in [2.24, 2.45) is 5.10 Å². The molecule has 3 rings (SSSR count). The number of halogens is 1. The van der Waals surface area contributed by atoms with Gasteiger partial charge >= 0.3 is 0 Å². The molecule has 32 heavy (non-hydrogen) atoms. The van der Waals surface area contributed by atoms with Crippen molar-refractivity contribution in [1.82, 2.24) is 5.43 Å². The number of carbonyl (C=O) groups excluding carboxylic acids is 1. The Morgan fingerprint density at radius 3 is 2.44 bits per heavy atom. The van der Waals surface area contributed by atoms with Crippen LogP contribution in [0.3, 0.4) is 0 Å². The molecule has 1 amide bonds. The summed E-state index contributed by atoms with van der Waals surface area (Å²) >= 11 is 5.91. The van der Waals surface area contributed by atoms with Crippen molar-refractivity contribution in [1.29, 1.82) is 0 Å². The average molecular weight is 453 g/mol. The van der Waals surface area contributed by atoms with Crippen molar-refractivity contribution in [2.75, 3.05) is 13.7 Å². The summed E-state index contributed by atoms with van der Waals surface area (Å²) in [4.78, 5) is 12.3. The highest BCUT2D eigenvalue weighted by molar-refractivity contribution is 6.30. The fourth-order valence-corrected chi connectivity index (χ4v) is 2.90. The van der Waals surface area contributed by atoms with Crippen LogP contribution >= 0.6 is 11.6 Å². The van der Waals surface area contributed by atoms with Crippen LogP contribution in [0.4, 0.5) is 0 Å². The fraction of sp³-hybridized carbons (Fsp3) is 0.200. The van der Waals surface area contributed by atoms with Gasteiger partial charge in [0.1, 0.15) is 12.4 Å². The molecule has 0 atom stereocenters. The highest BCUT2D eigenvalue weighted by atomic mass is 35.5. The van der Waals surface area contributed by atoms with Crippen LogP contribution in [0.1, 0.15) is 34.8 Å². The molecule has 3 aromatic rings. The number of hydrogen-bond donors (Lipinski definition) is 1. The van der Waals surface area contributed by atoms with Crippen LogP contribution in [0.5, 0.6) is 17.2 Å². The summed E-state index contributed by atoms with van der Waals surface area (Å²) in [6.45, 7) is 3.07. The predicted molar refractivity (Wildman–Crippen MR) is 126 cm³/mol. The molecule has 0 saturated heterocycles. The minimum atomic E-state index is -0.307. The number of nitrogens with one attached hydrogen (secondary N) is 1. The summed E-state index contributed by atoms with van der Waals surface area (Å²) in [5.41, 5.74) is 4.76. The van der Waals surface area contributed by atoms with Gasteiger partial charge < -0.3 is 14.2 Å². The van der Waals surface area contributed by atoms with Gasteiger partial charge in [-0.15, -0.1) is 0 Å². The van der Waals surface area contributed by atoms with Crippen LogP contribution in [0.15, 0.2) is 71.8 Å². The van der Waals surface area contributed by atoms with E-state index in [0.29, 0.717) is 35.3 Å². The zero-order valence-electron chi connectivity index (χ0n) is 18.0. The van der Waals surface area contributed by atoms with Crippen molar-refractivity contribution in [3.8, 4) is 17.2 Å². The van der Waals surface area contributed by atoms with Crippen molar-refractivity contribution >= 4 is 23.7 Å². The predicted octanol–water partition coefficient (Wildman–Crippen LogP) is 5.48. The largest absolute Gasteiger partial charge is 0.494 e. The van der Waals surface area contributed by atoms with E-state index >= 15 is 0 Å². The summed E-state index contributed by atoms with van der Waals surface area (Å²) in [7, 11) is 1.57. The lowest BCUT2D eigenvalue weighted by Gasteiger charge is -2.11. The molecule has 0 bridgehead atoms. The zero-order chi connectivity index (χ0) is 22.8. The number of hydrogen-bond acceptors (Lipinski definition) is 5. The lowest BCUT2D eigenvalue weighted by atomic mass is 10.2. The normalized spacial score (nSPS) is 10.7. The van der Waals surface area contributed by atoms with Crippen molar-refractivity contribution in [3.05, 3.63) is 88.4 Å². The van der Waals surface area contributed by atoms with Gasteiger partial charge in [-0.05, 0) is 72.1 Å². The topological polar surface area (TPSA) is 69.2 Å². The molecule has 0 unspecified atom stereocenters. The Morgan fingerprint density at radius 2 is 1.75 bits per heavy atom. The van der Waals surface area contributed by atoms with E-state index < -0.39 is 0 Å². The highest BCUT2D eigenvalue weighted by Gasteiger charge is 2.07. The smallest absolute Gasteiger partial charge is 0.271 e. The standard InChI is InChI=1S/C25H25ClN2O4/c1-3-14-31-22-11-7-20(8-12-22)25(29)28-27-16-19-6-13-23(24(15-19)30-2)32-17-18-4-9-21(26)10-5-18/h4-13,15-16H,3,14,17H2,1-2H3,(H,28,29). The van der Waals surface area contributed by atoms with Gasteiger partial charge in [0.05, 0.1) is 19.9 Å². The number of amides is 1. The van der Waals surface area contributed by atoms with Gasteiger partial charge in [-0.25, -0.2) is 5.43 Å². The fourth-order valence-electron chi connectivity index (χ4n) is 2.78. The van der Waals surface area contributed by atoms with Gasteiger partial charge in [0, 0.05) is 10.6 Å². The first-order chi connectivity index (χ1) is 15.6. The van der Waals surface area contributed by atoms with Gasteiger partial charge in [0.15, 0.2) is 11.5 Å². The number of ether oxygens (including phenoxy) is 3. The van der Waals surface area contributed by atoms with Crippen LogP contribution in [0, 0.1) is 0 Å². The number of methoxy groups -OCH3 is 1. The highest BCUT2D eigenvalue weighted by Crippen LogP contribution is 2.28. The van der Waals surface area contributed by atoms with E-state index in [1.165, 1.54) is 0 Å². The second-order valence-electron chi connectivity index (χ2n) is 6.90. The summed E-state index contributed by atoms with van der Waals surface area (Å²) < 4.78 is 16.8. The molecule has 0 aliphatic carbocycles. The monoisotopic (exact) mass is 452 g/mol. The third-order valence-electron chi connectivity index (χ3n) is 4.46. The van der Waals surface area contributed by atoms with Crippen LogP contribution in [0.2, 0.25) is 5.02 Å². The van der Waals surface area contributed by atoms with E-state index in [1.54, 1.807) is 49.7 Å². The molecule has 0 saturated carbocycles. The Bertz CT molecular complexity index is 1050. The van der Waals surface area contributed by atoms with Crippen LogP contribution in [-0.4, -0.2) is 25.8 Å². The Balaban J connectivity index is 1.57. The number of hydrazone groups is 1. The average Bonchev–Trinajstić information content (AvgIpc) is 2.83. The van der Waals surface area contributed by atoms with Crippen molar-refractivity contribution in [2.45, 2.75) is 20.0 Å². The van der Waals surface area contributed by atoms with Crippen molar-refractivity contribution < 1.29 is 19.0 Å². The molecule has 0 aliphatic heterocycles. The van der Waals surface area contributed by atoms with Gasteiger partial charge in [-0.1, -0.05) is 30.7 Å². The molecule has 0 spiro atoms. The van der Waals surface area contributed by atoms with Gasteiger partial charge in [-0.3, -0.25) is 4.79 Å². The summed E-state index contributed by atoms with van der Waals surface area (Å²) in [6.07, 6.45) is 2.47. The summed E-state index contributed by atoms with van der Waals surface area (Å²) in [5.74, 6) is 1.60. The quantitative estimate of drug-likeness (QED) is 0.326. The number of rotatable bonds is 10. The van der Waals surface area contributed by atoms with Gasteiger partial charge in [0.25, 0.3) is 5.91 Å². The number of benzene rings is 3. The van der Waals surface area contributed by atoms with E-state index in [9.17, 15) is 4.79 Å². The number of carbonyl (C=O) groups is 1. The zero-order valence-corrected chi connectivity index (χ0v) is 18.8. The maximum absolute atomic E-state index is 12.3. The first-order valence-electron chi connectivity index (χ1n) is 10.2. The summed E-state index contributed by atoms with van der Waals surface area (Å²) in [6, 6.07) is 19.8. The molecular weight excluding hydrogens is 428 g/mol. The Hall–Kier alpha value is -3.51. The molecule has 0 aromatic heterocycles. The molecule has 7 heteroatoms. The maximum Gasteiger partial charge on any atom is 0.271 e. The van der Waals surface area contributed by atoms with E-state index in [1.807, 2.05) is 37.3 Å². The molecular formula is C25H25ClN2O4. The molecule has 0 radical (unpaired) electrons. The first-order valence-corrected chi connectivity index (χ1v) is 10.6. The molecule has 1 N–H and O–H groups in total. The molecule has 6 nitrogen and oxygen atoms in total. The molecule has 3 aromatic carbocycles. The SMILES string of the molecule is CCCOc1ccc(C(=O)NN=Cc2ccc(OCc3ccc(Cl)cc3)c(OC)c2)cc1. The third-order valence-corrected chi connectivity index (χ3v) is 4.72. The first kappa shape index (κ1) is 23.2. The summed E-state index contributed by atoms with van der Waals surface area (Å²) in [5, 5.41) is 4.71. The van der Waals surface area contributed by atoms with Crippen LogP contribution in [0.25, 0.3) is 0 Å². The van der Waals surface area contributed by atoms with E-state index in [2.05, 4.69) is 10.5 Å². The minimum Gasteiger partial charge on any atom is -0.494 e. The van der Waals surface area contributed by atoms with Crippen molar-refractivity contribution in [3.63, 3.8) is 0 Å². The van der Waals surface area contributed by atoms with Gasteiger partial charge in [0.2, 0.25) is 0 Å². The van der Waals surface area contributed by atoms with Gasteiger partial charge in [-0.2, -0.15) is 5.10 Å². The molecule has 0 aliphatic rings. The molecule has 0 fully saturated rings. The van der Waals surface area contributed by atoms with E-state index in [4.69, 9.17) is 25.8 Å². The Kier molecular flexibility index (Phi) is 8.52. The Morgan fingerprint density at radius 1 is 1.00 bits per heavy atom. The van der Waals surface area contributed by atoms with Crippen LogP contribution in [-0.2, 0) is 6.61 Å². The minimum absolute atomic E-state index is 0.307. The Labute approximate surface area is 192 Å². The van der Waals surface area contributed by atoms with Crippen LogP contribution < -0.4 is 19.6 Å². The second-order valence-corrected chi connectivity index (χ2v) is 7.33. The number of nitrogens with zero attached hydrogens (tertiary/aromatic N) is 1. The lowest BCUT2D eigenvalue weighted by Crippen LogP contribution is -2.17. The van der Waals surface area contributed by atoms with E-state index in [0.717, 1.165) is 23.3 Å². The third kappa shape index (κ3) is 6.75. The lowest BCUT2D eigenvalue weighted by molar-refractivity contribution is 0.0955. The maximum atomic E-state index is 12.3. The molecule has 0 heterocycles. The second kappa shape index (κ2) is 11.8. The van der Waals surface area contributed by atoms with E-state index in [-0.39, 0.29) is 5.91 Å². The molecule has 166 valence electrons.